The Labute approximate surface area is 163 Å². The Morgan fingerprint density at radius 3 is 2.11 bits per heavy atom. The number of hydrogen-bond acceptors (Lipinski definition) is 7. The van der Waals surface area contributed by atoms with Gasteiger partial charge in [0.05, 0.1) is 42.0 Å². The molecule has 0 saturated heterocycles. The van der Waals surface area contributed by atoms with Gasteiger partial charge >= 0.3 is 11.9 Å². The van der Waals surface area contributed by atoms with E-state index in [2.05, 4.69) is 4.72 Å². The summed E-state index contributed by atoms with van der Waals surface area (Å²) < 4.78 is 42.7. The lowest BCUT2D eigenvalue weighted by atomic mass is 10.1. The number of methoxy groups -OCH3 is 1. The fourth-order valence-electron chi connectivity index (χ4n) is 2.32. The third-order valence-electron chi connectivity index (χ3n) is 3.64. The standard InChI is InChI=1S/C19H21NO7S/c1-4-26-18(21)13-6-11-16(19(22)27-5-2)17(12-13)20-28(23,24)15-9-7-14(25-3)8-10-15/h6-12,20H,4-5H2,1-3H3. The summed E-state index contributed by atoms with van der Waals surface area (Å²) in [7, 11) is -2.56. The second kappa shape index (κ2) is 9.23. The second-order valence-corrected chi connectivity index (χ2v) is 7.16. The molecule has 0 aliphatic heterocycles. The molecule has 28 heavy (non-hydrogen) atoms. The number of ether oxygens (including phenoxy) is 3. The van der Waals surface area contributed by atoms with Gasteiger partial charge in [0.2, 0.25) is 0 Å². The summed E-state index contributed by atoms with van der Waals surface area (Å²) in [4.78, 5) is 24.1. The molecule has 0 aliphatic carbocycles. The maximum Gasteiger partial charge on any atom is 0.340 e. The summed E-state index contributed by atoms with van der Waals surface area (Å²) >= 11 is 0. The van der Waals surface area contributed by atoms with Gasteiger partial charge < -0.3 is 14.2 Å². The van der Waals surface area contributed by atoms with Crippen molar-refractivity contribution < 1.29 is 32.2 Å². The van der Waals surface area contributed by atoms with Crippen LogP contribution in [0.2, 0.25) is 0 Å². The van der Waals surface area contributed by atoms with Crippen molar-refractivity contribution >= 4 is 27.6 Å². The lowest BCUT2D eigenvalue weighted by Gasteiger charge is -2.14. The van der Waals surface area contributed by atoms with E-state index in [4.69, 9.17) is 14.2 Å². The number of benzene rings is 2. The van der Waals surface area contributed by atoms with Crippen LogP contribution in [0.25, 0.3) is 0 Å². The van der Waals surface area contributed by atoms with Gasteiger partial charge in [0.15, 0.2) is 0 Å². The van der Waals surface area contributed by atoms with Crippen LogP contribution in [0.3, 0.4) is 0 Å². The Bertz CT molecular complexity index is 953. The van der Waals surface area contributed by atoms with Crippen LogP contribution in [0.4, 0.5) is 5.69 Å². The van der Waals surface area contributed by atoms with Crippen LogP contribution in [-0.2, 0) is 19.5 Å². The lowest BCUT2D eigenvalue weighted by Crippen LogP contribution is -2.17. The largest absolute Gasteiger partial charge is 0.497 e. The average molecular weight is 407 g/mol. The van der Waals surface area contributed by atoms with Crippen LogP contribution < -0.4 is 9.46 Å². The van der Waals surface area contributed by atoms with Crippen molar-refractivity contribution in [2.24, 2.45) is 0 Å². The van der Waals surface area contributed by atoms with E-state index in [0.717, 1.165) is 0 Å². The van der Waals surface area contributed by atoms with Crippen LogP contribution in [-0.4, -0.2) is 40.7 Å². The van der Waals surface area contributed by atoms with Gasteiger partial charge in [-0.25, -0.2) is 18.0 Å². The predicted molar refractivity (Wildman–Crippen MR) is 102 cm³/mol. The second-order valence-electron chi connectivity index (χ2n) is 5.48. The predicted octanol–water partition coefficient (Wildman–Crippen LogP) is 2.85. The first-order valence-corrected chi connectivity index (χ1v) is 9.95. The molecule has 0 saturated carbocycles. The highest BCUT2D eigenvalue weighted by molar-refractivity contribution is 7.92. The van der Waals surface area contributed by atoms with Crippen molar-refractivity contribution in [1.29, 1.82) is 0 Å². The van der Waals surface area contributed by atoms with E-state index in [-0.39, 0.29) is 34.9 Å². The van der Waals surface area contributed by atoms with Gasteiger partial charge in [-0.15, -0.1) is 0 Å². The van der Waals surface area contributed by atoms with Gasteiger partial charge in [-0.3, -0.25) is 4.72 Å². The first-order chi connectivity index (χ1) is 13.3. The summed E-state index contributed by atoms with van der Waals surface area (Å²) in [6.07, 6.45) is 0. The molecule has 0 aromatic heterocycles. The Balaban J connectivity index is 2.45. The Morgan fingerprint density at radius 1 is 0.929 bits per heavy atom. The van der Waals surface area contributed by atoms with Crippen LogP contribution in [0.1, 0.15) is 34.6 Å². The van der Waals surface area contributed by atoms with E-state index in [0.29, 0.717) is 5.75 Å². The Morgan fingerprint density at radius 2 is 1.54 bits per heavy atom. The van der Waals surface area contributed by atoms with Crippen LogP contribution in [0.15, 0.2) is 47.4 Å². The van der Waals surface area contributed by atoms with Crippen molar-refractivity contribution in [3.63, 3.8) is 0 Å². The van der Waals surface area contributed by atoms with Crippen molar-refractivity contribution in [3.8, 4) is 5.75 Å². The molecule has 0 heterocycles. The highest BCUT2D eigenvalue weighted by atomic mass is 32.2. The molecule has 0 atom stereocenters. The number of hydrogen-bond donors (Lipinski definition) is 1. The summed E-state index contributed by atoms with van der Waals surface area (Å²) in [5.41, 5.74) is -0.00543. The maximum absolute atomic E-state index is 12.7. The van der Waals surface area contributed by atoms with Crippen molar-refractivity contribution in [1.82, 2.24) is 0 Å². The van der Waals surface area contributed by atoms with E-state index in [1.54, 1.807) is 13.8 Å². The maximum atomic E-state index is 12.7. The zero-order valence-corrected chi connectivity index (χ0v) is 16.5. The number of nitrogens with one attached hydrogen (secondary N) is 1. The van der Waals surface area contributed by atoms with Gasteiger partial charge in [-0.1, -0.05) is 0 Å². The van der Waals surface area contributed by atoms with Crippen LogP contribution >= 0.6 is 0 Å². The zero-order chi connectivity index (χ0) is 20.7. The molecule has 8 nitrogen and oxygen atoms in total. The third-order valence-corrected chi connectivity index (χ3v) is 5.02. The first kappa shape index (κ1) is 21.2. The van der Waals surface area contributed by atoms with E-state index in [1.165, 1.54) is 49.6 Å². The van der Waals surface area contributed by atoms with Gasteiger partial charge in [0, 0.05) is 0 Å². The van der Waals surface area contributed by atoms with E-state index < -0.39 is 22.0 Å². The molecule has 0 fully saturated rings. The minimum Gasteiger partial charge on any atom is -0.497 e. The number of esters is 2. The molecular weight excluding hydrogens is 386 g/mol. The van der Waals surface area contributed by atoms with Crippen molar-refractivity contribution in [2.75, 3.05) is 25.0 Å². The molecule has 2 aromatic rings. The molecule has 1 N–H and O–H groups in total. The Kier molecular flexibility index (Phi) is 7.00. The Hall–Kier alpha value is -3.07. The van der Waals surface area contributed by atoms with Crippen LogP contribution in [0, 0.1) is 0 Å². The van der Waals surface area contributed by atoms with Gasteiger partial charge in [-0.05, 0) is 56.3 Å². The molecule has 2 aromatic carbocycles. The first-order valence-electron chi connectivity index (χ1n) is 8.47. The minimum absolute atomic E-state index is 0.0213. The molecule has 0 radical (unpaired) electrons. The van der Waals surface area contributed by atoms with Crippen molar-refractivity contribution in [2.45, 2.75) is 18.7 Å². The topological polar surface area (TPSA) is 108 Å². The van der Waals surface area contributed by atoms with E-state index in [9.17, 15) is 18.0 Å². The number of carbonyl (C=O) groups excluding carboxylic acids is 2. The molecule has 0 aliphatic rings. The summed E-state index contributed by atoms with van der Waals surface area (Å²) in [6, 6.07) is 9.64. The molecule has 0 bridgehead atoms. The molecule has 0 spiro atoms. The van der Waals surface area contributed by atoms with Gasteiger partial charge in [-0.2, -0.15) is 0 Å². The summed E-state index contributed by atoms with van der Waals surface area (Å²) in [5, 5.41) is 0. The van der Waals surface area contributed by atoms with Gasteiger partial charge in [0.1, 0.15) is 5.75 Å². The SMILES string of the molecule is CCOC(=O)c1ccc(C(=O)OCC)c(NS(=O)(=O)c2ccc(OC)cc2)c1. The fraction of sp³-hybridized carbons (Fsp3) is 0.263. The zero-order valence-electron chi connectivity index (χ0n) is 15.7. The van der Waals surface area contributed by atoms with Crippen LogP contribution in [0.5, 0.6) is 5.75 Å². The fourth-order valence-corrected chi connectivity index (χ4v) is 3.39. The number of sulfonamides is 1. The number of anilines is 1. The molecular formula is C19H21NO7S. The quantitative estimate of drug-likeness (QED) is 0.670. The van der Waals surface area contributed by atoms with Gasteiger partial charge in [0.25, 0.3) is 10.0 Å². The molecule has 0 amide bonds. The summed E-state index contributed by atoms with van der Waals surface area (Å²) in [5.74, 6) is -0.858. The number of rotatable bonds is 8. The van der Waals surface area contributed by atoms with E-state index >= 15 is 0 Å². The minimum atomic E-state index is -4.03. The average Bonchev–Trinajstić information content (AvgIpc) is 2.68. The highest BCUT2D eigenvalue weighted by Crippen LogP contribution is 2.24. The number of carbonyl (C=O) groups is 2. The molecule has 9 heteroatoms. The normalized spacial score (nSPS) is 10.8. The molecule has 0 unspecified atom stereocenters. The van der Waals surface area contributed by atoms with Crippen molar-refractivity contribution in [3.05, 3.63) is 53.6 Å². The lowest BCUT2D eigenvalue weighted by molar-refractivity contribution is 0.0512. The smallest absolute Gasteiger partial charge is 0.340 e. The highest BCUT2D eigenvalue weighted by Gasteiger charge is 2.21. The van der Waals surface area contributed by atoms with E-state index in [1.807, 2.05) is 0 Å². The summed E-state index contributed by atoms with van der Waals surface area (Å²) in [6.45, 7) is 3.55. The monoisotopic (exact) mass is 407 g/mol. The molecule has 150 valence electrons. The third kappa shape index (κ3) is 5.01. The molecule has 2 rings (SSSR count).